The van der Waals surface area contributed by atoms with Crippen molar-refractivity contribution in [2.24, 2.45) is 0 Å². The first kappa shape index (κ1) is 18.2. The van der Waals surface area contributed by atoms with Crippen LogP contribution in [0.15, 0.2) is 36.0 Å². The smallest absolute Gasteiger partial charge is 0.335 e. The van der Waals surface area contributed by atoms with Gasteiger partial charge in [-0.15, -0.1) is 0 Å². The first-order valence-corrected chi connectivity index (χ1v) is 6.55. The molecule has 1 amide bonds. The Morgan fingerprint density at radius 2 is 1.91 bits per heavy atom. The molecule has 0 spiro atoms. The van der Waals surface area contributed by atoms with Crippen molar-refractivity contribution < 1.29 is 24.2 Å². The number of aromatic carboxylic acids is 1. The number of carbonyl (C=O) groups excluding carboxylic acids is 1. The number of nitrogens with one attached hydrogen (secondary N) is 2. The highest BCUT2D eigenvalue weighted by molar-refractivity contribution is 6.06. The van der Waals surface area contributed by atoms with Crippen LogP contribution < -0.4 is 10.6 Å². The minimum Gasteiger partial charge on any atom is -0.478 e. The predicted molar refractivity (Wildman–Crippen MR) is 81.5 cm³/mol. The molecule has 3 N–H and O–H groups in total. The molecule has 1 aromatic carbocycles. The Labute approximate surface area is 133 Å². The summed E-state index contributed by atoms with van der Waals surface area (Å²) in [7, 11) is 2.94. The quantitative estimate of drug-likeness (QED) is 0.370. The largest absolute Gasteiger partial charge is 0.478 e. The summed E-state index contributed by atoms with van der Waals surface area (Å²) in [5.74, 6) is -1.68. The molecule has 0 unspecified atom stereocenters. The zero-order chi connectivity index (χ0) is 17.2. The normalized spacial score (nSPS) is 11.0. The van der Waals surface area contributed by atoms with Gasteiger partial charge in [0.1, 0.15) is 11.6 Å². The molecule has 0 aromatic heterocycles. The standard InChI is InChI=1S/C15H17N3O5/c1-22-13(23-2)9-17-8-11(7-16)14(19)18-12-5-3-10(4-6-12)15(20)21/h3-6,8,13,17H,9H2,1-2H3,(H,18,19)(H,20,21)/b11-8-. The van der Waals surface area contributed by atoms with Gasteiger partial charge in [0.25, 0.3) is 5.91 Å². The Bertz CT molecular complexity index is 615. The third-order valence-electron chi connectivity index (χ3n) is 2.81. The number of carboxylic acid groups (broad SMARTS) is 1. The van der Waals surface area contributed by atoms with Crippen LogP contribution in [0, 0.1) is 11.3 Å². The van der Waals surface area contributed by atoms with Gasteiger partial charge in [-0.05, 0) is 24.3 Å². The molecule has 0 heterocycles. The highest BCUT2D eigenvalue weighted by Gasteiger charge is 2.10. The maximum absolute atomic E-state index is 12.0. The van der Waals surface area contributed by atoms with E-state index in [1.54, 1.807) is 6.07 Å². The molecule has 8 heteroatoms. The Balaban J connectivity index is 2.66. The van der Waals surface area contributed by atoms with Crippen LogP contribution in [0.1, 0.15) is 10.4 Å². The monoisotopic (exact) mass is 319 g/mol. The first-order chi connectivity index (χ1) is 11.0. The van der Waals surface area contributed by atoms with Crippen molar-refractivity contribution in [3.8, 4) is 6.07 Å². The minimum atomic E-state index is -1.06. The lowest BCUT2D eigenvalue weighted by Gasteiger charge is -2.12. The van der Waals surface area contributed by atoms with Gasteiger partial charge >= 0.3 is 5.97 Å². The van der Waals surface area contributed by atoms with Crippen LogP contribution in [0.3, 0.4) is 0 Å². The fourth-order valence-corrected chi connectivity index (χ4v) is 1.56. The molecule has 0 saturated heterocycles. The third-order valence-corrected chi connectivity index (χ3v) is 2.81. The van der Waals surface area contributed by atoms with E-state index in [0.717, 1.165) is 0 Å². The van der Waals surface area contributed by atoms with Crippen LogP contribution in [-0.2, 0) is 14.3 Å². The topological polar surface area (TPSA) is 121 Å². The van der Waals surface area contributed by atoms with E-state index >= 15 is 0 Å². The zero-order valence-corrected chi connectivity index (χ0v) is 12.7. The second-order valence-electron chi connectivity index (χ2n) is 4.32. The second kappa shape index (κ2) is 9.19. The van der Waals surface area contributed by atoms with Crippen LogP contribution in [0.2, 0.25) is 0 Å². The molecule has 0 radical (unpaired) electrons. The lowest BCUT2D eigenvalue weighted by molar-refractivity contribution is -0.112. The average molecular weight is 319 g/mol. The molecule has 1 rings (SSSR count). The van der Waals surface area contributed by atoms with Crippen molar-refractivity contribution in [1.82, 2.24) is 5.32 Å². The van der Waals surface area contributed by atoms with E-state index in [9.17, 15) is 9.59 Å². The summed E-state index contributed by atoms with van der Waals surface area (Å²) in [5, 5.41) is 23.1. The molecule has 0 aliphatic carbocycles. The number of hydrogen-bond acceptors (Lipinski definition) is 6. The van der Waals surface area contributed by atoms with Gasteiger partial charge in [0.2, 0.25) is 0 Å². The van der Waals surface area contributed by atoms with Crippen molar-refractivity contribution in [2.75, 3.05) is 26.1 Å². The van der Waals surface area contributed by atoms with Crippen molar-refractivity contribution in [2.45, 2.75) is 6.29 Å². The van der Waals surface area contributed by atoms with Gasteiger partial charge in [-0.2, -0.15) is 5.26 Å². The molecular weight excluding hydrogens is 302 g/mol. The number of amides is 1. The van der Waals surface area contributed by atoms with Gasteiger partial charge in [0, 0.05) is 26.1 Å². The molecule has 0 fully saturated rings. The summed E-state index contributed by atoms with van der Waals surface area (Å²) in [4.78, 5) is 22.7. The van der Waals surface area contributed by atoms with Gasteiger partial charge in [-0.1, -0.05) is 0 Å². The van der Waals surface area contributed by atoms with E-state index in [1.807, 2.05) is 0 Å². The van der Waals surface area contributed by atoms with Gasteiger partial charge < -0.3 is 25.2 Å². The molecule has 0 bridgehead atoms. The van der Waals surface area contributed by atoms with Crippen LogP contribution >= 0.6 is 0 Å². The number of carbonyl (C=O) groups is 2. The Morgan fingerprint density at radius 3 is 2.39 bits per heavy atom. The van der Waals surface area contributed by atoms with Crippen molar-refractivity contribution in [3.05, 3.63) is 41.6 Å². The average Bonchev–Trinajstić information content (AvgIpc) is 2.55. The molecule has 0 atom stereocenters. The number of anilines is 1. The molecule has 0 aliphatic rings. The number of benzene rings is 1. The second-order valence-corrected chi connectivity index (χ2v) is 4.32. The predicted octanol–water partition coefficient (Wildman–Crippen LogP) is 0.939. The van der Waals surface area contributed by atoms with Crippen molar-refractivity contribution in [1.29, 1.82) is 5.26 Å². The van der Waals surface area contributed by atoms with E-state index in [4.69, 9.17) is 19.8 Å². The van der Waals surface area contributed by atoms with Gasteiger partial charge in [0.05, 0.1) is 12.1 Å². The molecular formula is C15H17N3O5. The molecule has 0 aliphatic heterocycles. The molecule has 122 valence electrons. The number of rotatable bonds is 8. The minimum absolute atomic E-state index is 0.103. The number of nitrogens with zero attached hydrogens (tertiary/aromatic N) is 1. The lowest BCUT2D eigenvalue weighted by atomic mass is 10.2. The van der Waals surface area contributed by atoms with Crippen molar-refractivity contribution in [3.63, 3.8) is 0 Å². The fraction of sp³-hybridized carbons (Fsp3) is 0.267. The lowest BCUT2D eigenvalue weighted by Crippen LogP contribution is -2.27. The molecule has 0 saturated carbocycles. The van der Waals surface area contributed by atoms with Gasteiger partial charge in [0.15, 0.2) is 6.29 Å². The van der Waals surface area contributed by atoms with Crippen LogP contribution in [-0.4, -0.2) is 44.0 Å². The zero-order valence-electron chi connectivity index (χ0n) is 12.7. The number of carboxylic acids is 1. The summed E-state index contributed by atoms with van der Waals surface area (Å²) in [5.41, 5.74) is 0.344. The fourth-order valence-electron chi connectivity index (χ4n) is 1.56. The number of nitriles is 1. The van der Waals surface area contributed by atoms with E-state index in [1.165, 1.54) is 44.7 Å². The van der Waals surface area contributed by atoms with Crippen LogP contribution in [0.25, 0.3) is 0 Å². The third kappa shape index (κ3) is 5.78. The maximum atomic E-state index is 12.0. The SMILES string of the molecule is COC(CN/C=C(/C#N)C(=O)Nc1ccc(C(=O)O)cc1)OC. The Morgan fingerprint density at radius 1 is 1.30 bits per heavy atom. The number of ether oxygens (including phenoxy) is 2. The van der Waals surface area contributed by atoms with E-state index < -0.39 is 18.2 Å². The van der Waals surface area contributed by atoms with E-state index in [0.29, 0.717) is 5.69 Å². The van der Waals surface area contributed by atoms with Gasteiger partial charge in [-0.25, -0.2) is 4.79 Å². The number of methoxy groups -OCH3 is 2. The molecule has 23 heavy (non-hydrogen) atoms. The summed E-state index contributed by atoms with van der Waals surface area (Å²) < 4.78 is 9.91. The van der Waals surface area contributed by atoms with Crippen LogP contribution in [0.4, 0.5) is 5.69 Å². The summed E-state index contributed by atoms with van der Waals surface area (Å²) >= 11 is 0. The summed E-state index contributed by atoms with van der Waals surface area (Å²) in [6.07, 6.45) is 0.754. The Hall–Kier alpha value is -2.89. The van der Waals surface area contributed by atoms with Gasteiger partial charge in [-0.3, -0.25) is 4.79 Å². The highest BCUT2D eigenvalue weighted by atomic mass is 16.7. The highest BCUT2D eigenvalue weighted by Crippen LogP contribution is 2.10. The molecule has 8 nitrogen and oxygen atoms in total. The molecule has 1 aromatic rings. The van der Waals surface area contributed by atoms with E-state index in [-0.39, 0.29) is 17.7 Å². The first-order valence-electron chi connectivity index (χ1n) is 6.55. The maximum Gasteiger partial charge on any atom is 0.335 e. The summed E-state index contributed by atoms with van der Waals surface area (Å²) in [6.45, 7) is 0.263. The van der Waals surface area contributed by atoms with E-state index in [2.05, 4.69) is 10.6 Å². The summed E-state index contributed by atoms with van der Waals surface area (Å²) in [6, 6.07) is 7.36. The van der Waals surface area contributed by atoms with Crippen LogP contribution in [0.5, 0.6) is 0 Å². The van der Waals surface area contributed by atoms with Crippen molar-refractivity contribution >= 4 is 17.6 Å². The Kier molecular flexibility index (Phi) is 7.26. The number of hydrogen-bond donors (Lipinski definition) is 3.